The van der Waals surface area contributed by atoms with Gasteiger partial charge >= 0.3 is 17.9 Å². The molecule has 0 aliphatic rings. The second-order valence-electron chi connectivity index (χ2n) is 10.2. The normalized spacial score (nSPS) is 11.6. The minimum absolute atomic E-state index is 0.703. The van der Waals surface area contributed by atoms with Crippen LogP contribution in [0.3, 0.4) is 0 Å². The molecular weight excluding hydrogens is 578 g/mol. The maximum Gasteiger partial charge on any atom is 0.336 e. The van der Waals surface area contributed by atoms with E-state index in [1.807, 2.05) is 12.1 Å². The first-order chi connectivity index (χ1) is 21.5. The van der Waals surface area contributed by atoms with Crippen molar-refractivity contribution in [2.75, 3.05) is 33.4 Å². The number of ether oxygens (including phenoxy) is 2. The van der Waals surface area contributed by atoms with Gasteiger partial charge in [-0.3, -0.25) is 9.59 Å². The summed E-state index contributed by atoms with van der Waals surface area (Å²) >= 11 is 0. The fourth-order valence-electron chi connectivity index (χ4n) is 4.70. The molecule has 3 rings (SSSR count). The van der Waals surface area contributed by atoms with Crippen molar-refractivity contribution < 1.29 is 44.3 Å². The number of hydrogen-bond acceptors (Lipinski definition) is 7. The van der Waals surface area contributed by atoms with E-state index in [4.69, 9.17) is 29.9 Å². The van der Waals surface area contributed by atoms with Gasteiger partial charge in [-0.25, -0.2) is 4.79 Å². The highest BCUT2D eigenvalue weighted by Crippen LogP contribution is 2.35. The van der Waals surface area contributed by atoms with Gasteiger partial charge in [0.15, 0.2) is 5.60 Å². The number of allylic oxidation sites excluding steroid dienone is 1. The van der Waals surface area contributed by atoms with Crippen LogP contribution in [0.25, 0.3) is 11.1 Å². The van der Waals surface area contributed by atoms with E-state index < -0.39 is 36.4 Å². The average Bonchev–Trinajstić information content (AvgIpc) is 3.02. The topological polar surface area (TPSA) is 154 Å². The van der Waals surface area contributed by atoms with Crippen molar-refractivity contribution in [3.8, 4) is 11.5 Å². The number of aliphatic carboxylic acids is 3. The minimum atomic E-state index is -2.74. The third kappa shape index (κ3) is 11.4. The third-order valence-corrected chi connectivity index (χ3v) is 7.16. The molecule has 0 spiro atoms. The number of benzene rings is 3. The first-order valence-electron chi connectivity index (χ1n) is 14.8. The zero-order chi connectivity index (χ0) is 33.4. The van der Waals surface area contributed by atoms with E-state index in [1.165, 1.54) is 27.8 Å². The van der Waals surface area contributed by atoms with Crippen molar-refractivity contribution in [2.24, 2.45) is 0 Å². The summed E-state index contributed by atoms with van der Waals surface area (Å²) in [6, 6.07) is 27.5. The van der Waals surface area contributed by atoms with Crippen LogP contribution in [0.4, 0.5) is 0 Å². The van der Waals surface area contributed by atoms with E-state index in [0.717, 1.165) is 37.6 Å². The van der Waals surface area contributed by atoms with Gasteiger partial charge in [-0.15, -0.1) is 0 Å². The molecule has 0 atom stereocenters. The van der Waals surface area contributed by atoms with Crippen molar-refractivity contribution >= 4 is 29.1 Å². The summed E-state index contributed by atoms with van der Waals surface area (Å²) in [6.07, 6.45) is -1.36. The number of hydrogen-bond donors (Lipinski definition) is 4. The second kappa shape index (κ2) is 18.2. The summed E-state index contributed by atoms with van der Waals surface area (Å²) in [5.41, 5.74) is 3.46. The summed E-state index contributed by atoms with van der Waals surface area (Å²) in [7, 11) is 1.70. The minimum Gasteiger partial charge on any atom is -0.497 e. The number of methoxy groups -OCH3 is 1. The molecule has 242 valence electrons. The predicted octanol–water partition coefficient (Wildman–Crippen LogP) is 5.54. The van der Waals surface area contributed by atoms with Gasteiger partial charge in [0, 0.05) is 6.54 Å². The average molecular weight is 622 g/mol. The highest BCUT2D eigenvalue weighted by molar-refractivity contribution is 5.98. The number of aliphatic hydroxyl groups is 1. The van der Waals surface area contributed by atoms with E-state index in [-0.39, 0.29) is 0 Å². The molecule has 0 aromatic heterocycles. The summed E-state index contributed by atoms with van der Waals surface area (Å²) in [5.74, 6) is -3.23. The van der Waals surface area contributed by atoms with E-state index in [1.54, 1.807) is 7.11 Å². The van der Waals surface area contributed by atoms with E-state index in [2.05, 4.69) is 92.4 Å². The number of likely N-dealkylation sites (N-methyl/N-ethyl adjacent to an activating group) is 1. The lowest BCUT2D eigenvalue weighted by atomic mass is 9.88. The van der Waals surface area contributed by atoms with Crippen LogP contribution >= 0.6 is 0 Å². The monoisotopic (exact) mass is 621 g/mol. The Morgan fingerprint density at radius 1 is 0.711 bits per heavy atom. The van der Waals surface area contributed by atoms with Crippen LogP contribution in [0, 0.1) is 0 Å². The molecule has 0 fully saturated rings. The van der Waals surface area contributed by atoms with Gasteiger partial charge in [0.2, 0.25) is 0 Å². The van der Waals surface area contributed by atoms with Crippen LogP contribution in [-0.4, -0.2) is 82.2 Å². The molecule has 0 amide bonds. The molecular formula is C35H43NO9. The second-order valence-corrected chi connectivity index (χ2v) is 10.2. The van der Waals surface area contributed by atoms with Crippen molar-refractivity contribution in [2.45, 2.75) is 45.6 Å². The zero-order valence-corrected chi connectivity index (χ0v) is 26.2. The van der Waals surface area contributed by atoms with Crippen LogP contribution in [-0.2, 0) is 14.4 Å². The molecule has 0 unspecified atom stereocenters. The highest BCUT2D eigenvalue weighted by atomic mass is 16.5. The maximum atomic E-state index is 10.3. The lowest BCUT2D eigenvalue weighted by Gasteiger charge is -2.19. The lowest BCUT2D eigenvalue weighted by Crippen LogP contribution is -2.42. The Kier molecular flexibility index (Phi) is 14.8. The fourth-order valence-corrected chi connectivity index (χ4v) is 4.70. The molecule has 0 saturated heterocycles. The number of nitrogens with zero attached hydrogens (tertiary/aromatic N) is 1. The SMILES string of the molecule is CCC(=C(c1ccccc1)c1ccc(OCCN(CC)CC)cc1)c1ccc(OC)cc1.O=C(O)CC(O)(CC(=O)O)C(=O)O. The van der Waals surface area contributed by atoms with Crippen molar-refractivity contribution in [1.29, 1.82) is 0 Å². The summed E-state index contributed by atoms with van der Waals surface area (Å²) in [6.45, 7) is 10.3. The smallest absolute Gasteiger partial charge is 0.336 e. The Hall–Kier alpha value is -4.67. The molecule has 0 radical (unpaired) electrons. The van der Waals surface area contributed by atoms with Crippen LogP contribution in [0.5, 0.6) is 11.5 Å². The van der Waals surface area contributed by atoms with Crippen LogP contribution in [0.2, 0.25) is 0 Å². The Labute approximate surface area is 264 Å². The molecule has 0 heterocycles. The fraction of sp³-hybridized carbons (Fsp3) is 0.343. The Morgan fingerprint density at radius 3 is 1.64 bits per heavy atom. The van der Waals surface area contributed by atoms with E-state index in [0.29, 0.717) is 6.61 Å². The quantitative estimate of drug-likeness (QED) is 0.150. The van der Waals surface area contributed by atoms with Crippen molar-refractivity contribution in [3.05, 3.63) is 95.6 Å². The van der Waals surface area contributed by atoms with Gasteiger partial charge in [-0.05, 0) is 71.6 Å². The molecule has 10 heteroatoms. The van der Waals surface area contributed by atoms with Gasteiger partial charge in [0.1, 0.15) is 18.1 Å². The van der Waals surface area contributed by atoms with Crippen LogP contribution in [0.15, 0.2) is 78.9 Å². The van der Waals surface area contributed by atoms with Gasteiger partial charge in [0.25, 0.3) is 0 Å². The first-order valence-corrected chi connectivity index (χ1v) is 14.8. The molecule has 3 aromatic rings. The Morgan fingerprint density at radius 2 is 1.20 bits per heavy atom. The molecule has 0 aliphatic carbocycles. The van der Waals surface area contributed by atoms with E-state index >= 15 is 0 Å². The Bertz CT molecular complexity index is 1380. The summed E-state index contributed by atoms with van der Waals surface area (Å²) in [4.78, 5) is 32.9. The van der Waals surface area contributed by atoms with Crippen molar-refractivity contribution in [3.63, 3.8) is 0 Å². The number of carboxylic acids is 3. The number of carboxylic acid groups (broad SMARTS) is 3. The highest BCUT2D eigenvalue weighted by Gasteiger charge is 2.40. The molecule has 0 bridgehead atoms. The van der Waals surface area contributed by atoms with Gasteiger partial charge in [-0.1, -0.05) is 75.4 Å². The van der Waals surface area contributed by atoms with Gasteiger partial charge < -0.3 is 34.8 Å². The first kappa shape index (κ1) is 36.5. The van der Waals surface area contributed by atoms with Crippen LogP contribution < -0.4 is 9.47 Å². The Balaban J connectivity index is 0.000000459. The predicted molar refractivity (Wildman–Crippen MR) is 172 cm³/mol. The van der Waals surface area contributed by atoms with Gasteiger partial charge in [0.05, 0.1) is 20.0 Å². The molecule has 0 aliphatic heterocycles. The lowest BCUT2D eigenvalue weighted by molar-refractivity contribution is -0.170. The summed E-state index contributed by atoms with van der Waals surface area (Å²) in [5, 5.41) is 33.8. The van der Waals surface area contributed by atoms with Gasteiger partial charge in [-0.2, -0.15) is 0 Å². The molecule has 45 heavy (non-hydrogen) atoms. The molecule has 4 N–H and O–H groups in total. The molecule has 3 aromatic carbocycles. The zero-order valence-electron chi connectivity index (χ0n) is 26.2. The maximum absolute atomic E-state index is 10.3. The molecule has 10 nitrogen and oxygen atoms in total. The van der Waals surface area contributed by atoms with E-state index in [9.17, 15) is 14.4 Å². The molecule has 0 saturated carbocycles. The standard InChI is InChI=1S/C29H35NO2.C6H8O7/c1-5-28(23-13-17-26(31-4)18-14-23)29(24-11-9-8-10-12-24)25-15-19-27(20-16-25)32-22-21-30(6-2)7-3;7-3(8)1-6(13,5(11)12)2-4(9)10/h8-20H,5-7,21-22H2,1-4H3;13H,1-2H2,(H,7,8)(H,9,10)(H,11,12). The largest absolute Gasteiger partial charge is 0.497 e. The third-order valence-electron chi connectivity index (χ3n) is 7.16. The number of rotatable bonds is 16. The van der Waals surface area contributed by atoms with Crippen molar-refractivity contribution in [1.82, 2.24) is 4.90 Å². The number of carbonyl (C=O) groups is 3. The van der Waals surface area contributed by atoms with Crippen LogP contribution in [0.1, 0.15) is 56.7 Å². The summed E-state index contributed by atoms with van der Waals surface area (Å²) < 4.78 is 11.4.